The van der Waals surface area contributed by atoms with E-state index in [1.165, 1.54) is 6.08 Å². The lowest BCUT2D eigenvalue weighted by Gasteiger charge is -2.19. The van der Waals surface area contributed by atoms with E-state index in [4.69, 9.17) is 16.3 Å². The van der Waals surface area contributed by atoms with E-state index in [9.17, 15) is 9.59 Å². The van der Waals surface area contributed by atoms with Gasteiger partial charge in [-0.15, -0.1) is 10.2 Å². The summed E-state index contributed by atoms with van der Waals surface area (Å²) in [5.74, 6) is 1.55. The van der Waals surface area contributed by atoms with Crippen LogP contribution in [0, 0.1) is 11.8 Å². The summed E-state index contributed by atoms with van der Waals surface area (Å²) in [5, 5.41) is 8.55. The van der Waals surface area contributed by atoms with Crippen LogP contribution in [-0.4, -0.2) is 26.4 Å². The predicted octanol–water partition coefficient (Wildman–Crippen LogP) is 3.30. The summed E-state index contributed by atoms with van der Waals surface area (Å²) in [7, 11) is 0. The van der Waals surface area contributed by atoms with Crippen LogP contribution >= 0.6 is 11.6 Å². The molecule has 3 aliphatic carbocycles. The summed E-state index contributed by atoms with van der Waals surface area (Å²) >= 11 is 6.39. The molecule has 7 heteroatoms. The third-order valence-corrected chi connectivity index (χ3v) is 5.81. The number of allylic oxidation sites excluding steroid dienone is 2. The number of rotatable bonds is 3. The minimum Gasteiger partial charge on any atom is -0.427 e. The first-order chi connectivity index (χ1) is 12.1. The van der Waals surface area contributed by atoms with Gasteiger partial charge in [-0.05, 0) is 38.2 Å². The first-order valence-electron chi connectivity index (χ1n) is 8.62. The highest BCUT2D eigenvalue weighted by Gasteiger charge is 2.38. The highest BCUT2D eigenvalue weighted by Crippen LogP contribution is 2.42. The van der Waals surface area contributed by atoms with Gasteiger partial charge in [0, 0.05) is 30.0 Å². The Morgan fingerprint density at radius 1 is 1.16 bits per heavy atom. The van der Waals surface area contributed by atoms with Gasteiger partial charge in [-0.25, -0.2) is 4.79 Å². The van der Waals surface area contributed by atoms with E-state index in [-0.39, 0.29) is 28.2 Å². The van der Waals surface area contributed by atoms with Crippen LogP contribution in [0.1, 0.15) is 54.2 Å². The van der Waals surface area contributed by atoms with Crippen molar-refractivity contribution >= 4 is 29.0 Å². The van der Waals surface area contributed by atoms with Crippen molar-refractivity contribution in [2.45, 2.75) is 38.0 Å². The molecule has 6 nitrogen and oxygen atoms in total. The summed E-state index contributed by atoms with van der Waals surface area (Å²) < 4.78 is 7.37. The fourth-order valence-corrected chi connectivity index (χ4v) is 4.14. The highest BCUT2D eigenvalue weighted by atomic mass is 35.5. The molecule has 2 atom stereocenters. The molecule has 2 fully saturated rings. The number of ether oxygens (including phenoxy) is 1. The standard InChI is InChI=1S/C18H16ClN3O3/c19-15-12(5-6-22-16(9-1-2-9)20-21-17(15)22)18(24)25-14-8-13(23)10-3-4-11(14)7-10/h5-6,8-11H,1-4,7H2. The van der Waals surface area contributed by atoms with Crippen molar-refractivity contribution in [2.24, 2.45) is 11.8 Å². The quantitative estimate of drug-likeness (QED) is 0.788. The van der Waals surface area contributed by atoms with Gasteiger partial charge in [0.1, 0.15) is 16.6 Å². The van der Waals surface area contributed by atoms with Gasteiger partial charge in [0.15, 0.2) is 11.4 Å². The molecule has 128 valence electrons. The molecule has 0 radical (unpaired) electrons. The summed E-state index contributed by atoms with van der Waals surface area (Å²) in [5.41, 5.74) is 0.713. The van der Waals surface area contributed by atoms with Gasteiger partial charge in [-0.3, -0.25) is 9.20 Å². The van der Waals surface area contributed by atoms with E-state index in [0.717, 1.165) is 37.9 Å². The Labute approximate surface area is 148 Å². The van der Waals surface area contributed by atoms with Gasteiger partial charge in [-0.1, -0.05) is 11.6 Å². The molecule has 3 aliphatic rings. The van der Waals surface area contributed by atoms with Gasteiger partial charge in [-0.2, -0.15) is 0 Å². The molecule has 0 saturated heterocycles. The SMILES string of the molecule is O=C(OC1=CC(=O)C2CCC1C2)c1ccn2c(C3CC3)nnc2c1Cl. The van der Waals surface area contributed by atoms with Crippen LogP contribution in [0.2, 0.25) is 5.02 Å². The molecule has 5 rings (SSSR count). The number of nitrogens with zero attached hydrogens (tertiary/aromatic N) is 3. The number of hydrogen-bond acceptors (Lipinski definition) is 5. The Bertz CT molecular complexity index is 944. The van der Waals surface area contributed by atoms with Gasteiger partial charge in [0.05, 0.1) is 5.56 Å². The number of carbonyl (C=O) groups excluding carboxylic acids is 2. The zero-order valence-electron chi connectivity index (χ0n) is 13.4. The minimum absolute atomic E-state index is 0.0598. The van der Waals surface area contributed by atoms with Crippen LogP contribution < -0.4 is 0 Å². The fourth-order valence-electron chi connectivity index (χ4n) is 3.87. The lowest BCUT2D eigenvalue weighted by Crippen LogP contribution is -2.19. The van der Waals surface area contributed by atoms with Crippen molar-refractivity contribution in [3.8, 4) is 0 Å². The van der Waals surface area contributed by atoms with Gasteiger partial charge < -0.3 is 4.74 Å². The van der Waals surface area contributed by atoms with Crippen LogP contribution in [-0.2, 0) is 9.53 Å². The van der Waals surface area contributed by atoms with Crippen LogP contribution in [0.25, 0.3) is 5.65 Å². The summed E-state index contributed by atoms with van der Waals surface area (Å²) in [6.45, 7) is 0. The van der Waals surface area contributed by atoms with Crippen molar-refractivity contribution < 1.29 is 14.3 Å². The zero-order valence-corrected chi connectivity index (χ0v) is 14.2. The van der Waals surface area contributed by atoms with E-state index in [0.29, 0.717) is 17.3 Å². The molecular formula is C18H16ClN3O3. The Hall–Kier alpha value is -2.21. The number of carbonyl (C=O) groups is 2. The van der Waals surface area contributed by atoms with Crippen LogP contribution in [0.4, 0.5) is 0 Å². The van der Waals surface area contributed by atoms with Crippen molar-refractivity contribution in [1.82, 2.24) is 14.6 Å². The molecular weight excluding hydrogens is 342 g/mol. The molecule has 2 heterocycles. The number of fused-ring (bicyclic) bond motifs is 3. The van der Waals surface area contributed by atoms with E-state index < -0.39 is 5.97 Å². The van der Waals surface area contributed by atoms with E-state index >= 15 is 0 Å². The minimum atomic E-state index is -0.548. The van der Waals surface area contributed by atoms with Crippen molar-refractivity contribution in [2.75, 3.05) is 0 Å². The van der Waals surface area contributed by atoms with Gasteiger partial charge in [0.25, 0.3) is 0 Å². The third-order valence-electron chi connectivity index (χ3n) is 5.44. The molecule has 0 N–H and O–H groups in total. The molecule has 2 unspecified atom stereocenters. The molecule has 2 bridgehead atoms. The van der Waals surface area contributed by atoms with E-state index in [1.807, 2.05) is 4.40 Å². The number of hydrogen-bond donors (Lipinski definition) is 0. The van der Waals surface area contributed by atoms with Gasteiger partial charge in [0.2, 0.25) is 0 Å². The summed E-state index contributed by atoms with van der Waals surface area (Å²) in [6.07, 6.45) is 7.99. The predicted molar refractivity (Wildman–Crippen MR) is 89.3 cm³/mol. The first-order valence-corrected chi connectivity index (χ1v) is 9.00. The van der Waals surface area contributed by atoms with Crippen LogP contribution in [0.15, 0.2) is 24.1 Å². The topological polar surface area (TPSA) is 73.6 Å². The highest BCUT2D eigenvalue weighted by molar-refractivity contribution is 6.36. The molecule has 0 amide bonds. The van der Waals surface area contributed by atoms with E-state index in [1.54, 1.807) is 12.3 Å². The number of pyridine rings is 1. The number of halogens is 1. The normalized spacial score (nSPS) is 25.3. The van der Waals surface area contributed by atoms with Crippen LogP contribution in [0.5, 0.6) is 0 Å². The number of esters is 1. The van der Waals surface area contributed by atoms with Crippen molar-refractivity contribution in [3.63, 3.8) is 0 Å². The first kappa shape index (κ1) is 15.1. The molecule has 0 aromatic carbocycles. The maximum absolute atomic E-state index is 12.6. The molecule has 2 aromatic heterocycles. The lowest BCUT2D eigenvalue weighted by atomic mass is 9.93. The average Bonchev–Trinajstić information content (AvgIpc) is 3.19. The Morgan fingerprint density at radius 3 is 2.72 bits per heavy atom. The zero-order chi connectivity index (χ0) is 17.1. The third kappa shape index (κ3) is 2.39. The van der Waals surface area contributed by atoms with Crippen LogP contribution in [0.3, 0.4) is 0 Å². The van der Waals surface area contributed by atoms with Crippen molar-refractivity contribution in [1.29, 1.82) is 0 Å². The monoisotopic (exact) mass is 357 g/mol. The molecule has 2 saturated carbocycles. The Kier molecular flexibility index (Phi) is 3.25. The lowest BCUT2D eigenvalue weighted by molar-refractivity contribution is -0.118. The molecule has 2 aromatic rings. The summed E-state index contributed by atoms with van der Waals surface area (Å²) in [6, 6.07) is 1.63. The molecule has 25 heavy (non-hydrogen) atoms. The number of aromatic nitrogens is 3. The van der Waals surface area contributed by atoms with E-state index in [2.05, 4.69) is 10.2 Å². The maximum atomic E-state index is 12.6. The Balaban J connectivity index is 1.45. The van der Waals surface area contributed by atoms with Gasteiger partial charge >= 0.3 is 5.97 Å². The average molecular weight is 358 g/mol. The summed E-state index contributed by atoms with van der Waals surface area (Å²) in [4.78, 5) is 24.6. The smallest absolute Gasteiger partial charge is 0.344 e. The van der Waals surface area contributed by atoms with Crippen molar-refractivity contribution in [3.05, 3.63) is 40.5 Å². The second-order valence-electron chi connectivity index (χ2n) is 7.11. The second kappa shape index (κ2) is 5.39. The largest absolute Gasteiger partial charge is 0.427 e. The number of ketones is 1. The Morgan fingerprint density at radius 2 is 1.92 bits per heavy atom. The fraction of sp³-hybridized carbons (Fsp3) is 0.444. The molecule has 0 spiro atoms. The second-order valence-corrected chi connectivity index (χ2v) is 7.49. The molecule has 0 aliphatic heterocycles. The maximum Gasteiger partial charge on any atom is 0.344 e.